The molecular formula is C20H21N3O4S2. The highest BCUT2D eigenvalue weighted by Crippen LogP contribution is 2.24. The number of thiophene rings is 1. The van der Waals surface area contributed by atoms with E-state index in [9.17, 15) is 13.2 Å². The Morgan fingerprint density at radius 3 is 2.66 bits per heavy atom. The second-order valence-corrected chi connectivity index (χ2v) is 8.77. The lowest BCUT2D eigenvalue weighted by Gasteiger charge is -2.10. The van der Waals surface area contributed by atoms with Gasteiger partial charge >= 0.3 is 0 Å². The molecule has 3 rings (SSSR count). The largest absolute Gasteiger partial charge is 0.478 e. The van der Waals surface area contributed by atoms with Gasteiger partial charge in [0.15, 0.2) is 0 Å². The Morgan fingerprint density at radius 1 is 1.17 bits per heavy atom. The first kappa shape index (κ1) is 20.8. The molecule has 0 aliphatic rings. The molecule has 0 unspecified atom stereocenters. The Bertz CT molecular complexity index is 1090. The summed E-state index contributed by atoms with van der Waals surface area (Å²) in [6.07, 6.45) is 1.60. The Hall–Kier alpha value is -2.91. The van der Waals surface area contributed by atoms with Crippen molar-refractivity contribution in [3.8, 4) is 5.88 Å². The molecular weight excluding hydrogens is 410 g/mol. The summed E-state index contributed by atoms with van der Waals surface area (Å²) in [5.74, 6) is 0.0139. The van der Waals surface area contributed by atoms with Crippen LogP contribution in [0.2, 0.25) is 0 Å². The number of carbonyl (C=O) groups is 1. The molecule has 29 heavy (non-hydrogen) atoms. The summed E-state index contributed by atoms with van der Waals surface area (Å²) < 4.78 is 33.4. The van der Waals surface area contributed by atoms with E-state index in [2.05, 4.69) is 15.0 Å². The van der Waals surface area contributed by atoms with E-state index in [1.165, 1.54) is 6.07 Å². The lowest BCUT2D eigenvalue weighted by molar-refractivity contribution is 0.0952. The first-order valence-electron chi connectivity index (χ1n) is 8.92. The highest BCUT2D eigenvalue weighted by atomic mass is 32.2. The molecule has 0 bridgehead atoms. The lowest BCUT2D eigenvalue weighted by Crippen LogP contribution is -2.24. The molecule has 7 nitrogen and oxygen atoms in total. The van der Waals surface area contributed by atoms with Gasteiger partial charge in [0.2, 0.25) is 5.88 Å². The Labute approximate surface area is 173 Å². The summed E-state index contributed by atoms with van der Waals surface area (Å²) in [7, 11) is -3.89. The van der Waals surface area contributed by atoms with Crippen LogP contribution in [0.4, 0.5) is 5.69 Å². The molecule has 0 atom stereocenters. The van der Waals surface area contributed by atoms with Gasteiger partial charge in [0, 0.05) is 24.5 Å². The highest BCUT2D eigenvalue weighted by Gasteiger charge is 2.24. The van der Waals surface area contributed by atoms with Gasteiger partial charge in [-0.2, -0.15) is 0 Å². The SMILES string of the molecule is CCOc1cc(CNC(=O)c2sccc2S(=O)(=O)Nc2ccc(C)cc2)ccn1. The quantitative estimate of drug-likeness (QED) is 0.568. The molecule has 2 aromatic heterocycles. The van der Waals surface area contributed by atoms with Crippen molar-refractivity contribution in [2.45, 2.75) is 25.3 Å². The predicted octanol–water partition coefficient (Wildman–Crippen LogP) is 3.58. The monoisotopic (exact) mass is 431 g/mol. The van der Waals surface area contributed by atoms with Crippen molar-refractivity contribution in [1.82, 2.24) is 10.3 Å². The van der Waals surface area contributed by atoms with Crippen molar-refractivity contribution in [3.63, 3.8) is 0 Å². The van der Waals surface area contributed by atoms with E-state index < -0.39 is 15.9 Å². The van der Waals surface area contributed by atoms with Crippen LogP contribution in [0.3, 0.4) is 0 Å². The minimum absolute atomic E-state index is 0.0506. The van der Waals surface area contributed by atoms with Crippen molar-refractivity contribution in [1.29, 1.82) is 0 Å². The number of nitrogens with one attached hydrogen (secondary N) is 2. The van der Waals surface area contributed by atoms with Gasteiger partial charge < -0.3 is 10.1 Å². The molecule has 0 saturated heterocycles. The maximum absolute atomic E-state index is 12.8. The fourth-order valence-corrected chi connectivity index (χ4v) is 4.96. The van der Waals surface area contributed by atoms with Crippen LogP contribution in [-0.4, -0.2) is 25.9 Å². The molecule has 2 N–H and O–H groups in total. The number of hydrogen-bond acceptors (Lipinski definition) is 6. The number of benzene rings is 1. The van der Waals surface area contributed by atoms with Gasteiger partial charge in [-0.3, -0.25) is 9.52 Å². The Balaban J connectivity index is 1.72. The lowest BCUT2D eigenvalue weighted by atomic mass is 10.2. The van der Waals surface area contributed by atoms with Crippen LogP contribution in [0, 0.1) is 6.92 Å². The van der Waals surface area contributed by atoms with Crippen molar-refractivity contribution in [2.24, 2.45) is 0 Å². The highest BCUT2D eigenvalue weighted by molar-refractivity contribution is 7.93. The van der Waals surface area contributed by atoms with Crippen LogP contribution < -0.4 is 14.8 Å². The molecule has 3 aromatic rings. The first-order valence-corrected chi connectivity index (χ1v) is 11.3. The van der Waals surface area contributed by atoms with E-state index in [1.54, 1.807) is 35.8 Å². The van der Waals surface area contributed by atoms with Crippen molar-refractivity contribution < 1.29 is 17.9 Å². The van der Waals surface area contributed by atoms with Gasteiger partial charge in [-0.25, -0.2) is 13.4 Å². The summed E-state index contributed by atoms with van der Waals surface area (Å²) in [6.45, 7) is 4.50. The molecule has 0 radical (unpaired) electrons. The van der Waals surface area contributed by atoms with E-state index in [0.717, 1.165) is 22.5 Å². The third-order valence-electron chi connectivity index (χ3n) is 3.97. The Morgan fingerprint density at radius 2 is 1.93 bits per heavy atom. The topological polar surface area (TPSA) is 97.4 Å². The molecule has 152 valence electrons. The van der Waals surface area contributed by atoms with Crippen molar-refractivity contribution in [3.05, 3.63) is 70.0 Å². The van der Waals surface area contributed by atoms with Crippen LogP contribution in [0.15, 0.2) is 58.9 Å². The number of ether oxygens (including phenoxy) is 1. The van der Waals surface area contributed by atoms with Crippen molar-refractivity contribution >= 4 is 33.0 Å². The number of nitrogens with zero attached hydrogens (tertiary/aromatic N) is 1. The fourth-order valence-electron chi connectivity index (χ4n) is 2.56. The van der Waals surface area contributed by atoms with E-state index in [4.69, 9.17) is 4.74 Å². The molecule has 0 spiro atoms. The molecule has 0 aliphatic heterocycles. The van der Waals surface area contributed by atoms with Gasteiger partial charge in [-0.05, 0) is 49.1 Å². The standard InChI is InChI=1S/C20H21N3O4S2/c1-3-27-18-12-15(8-10-21-18)13-22-20(24)19-17(9-11-28-19)29(25,26)23-16-6-4-14(2)5-7-16/h4-12,23H,3,13H2,1-2H3,(H,22,24). The molecule has 2 heterocycles. The van der Waals surface area contributed by atoms with Gasteiger partial charge in [0.1, 0.15) is 9.77 Å². The van der Waals surface area contributed by atoms with Crippen LogP contribution in [-0.2, 0) is 16.6 Å². The summed E-state index contributed by atoms with van der Waals surface area (Å²) >= 11 is 1.08. The molecule has 0 saturated carbocycles. The fraction of sp³-hybridized carbons (Fsp3) is 0.200. The smallest absolute Gasteiger partial charge is 0.263 e. The third kappa shape index (κ3) is 5.33. The summed E-state index contributed by atoms with van der Waals surface area (Å²) in [4.78, 5) is 16.8. The zero-order valence-corrected chi connectivity index (χ0v) is 17.6. The number of pyridine rings is 1. The van der Waals surface area contributed by atoms with E-state index >= 15 is 0 Å². The van der Waals surface area contributed by atoms with Crippen molar-refractivity contribution in [2.75, 3.05) is 11.3 Å². The minimum Gasteiger partial charge on any atom is -0.478 e. The maximum Gasteiger partial charge on any atom is 0.263 e. The molecule has 1 aromatic carbocycles. The molecule has 9 heteroatoms. The van der Waals surface area contributed by atoms with E-state index in [1.807, 2.05) is 26.0 Å². The number of carbonyl (C=O) groups excluding carboxylic acids is 1. The second kappa shape index (κ2) is 9.06. The van der Waals surface area contributed by atoms with E-state index in [-0.39, 0.29) is 16.3 Å². The number of amides is 1. The summed E-state index contributed by atoms with van der Waals surface area (Å²) in [5, 5.41) is 4.33. The summed E-state index contributed by atoms with van der Waals surface area (Å²) in [6, 6.07) is 11.9. The second-order valence-electron chi connectivity index (χ2n) is 6.20. The number of rotatable bonds is 8. The normalized spacial score (nSPS) is 11.1. The maximum atomic E-state index is 12.8. The minimum atomic E-state index is -3.89. The zero-order chi connectivity index (χ0) is 20.9. The predicted molar refractivity (Wildman–Crippen MR) is 113 cm³/mol. The van der Waals surface area contributed by atoms with Gasteiger partial charge in [0.25, 0.3) is 15.9 Å². The average molecular weight is 432 g/mol. The van der Waals surface area contributed by atoms with Crippen LogP contribution >= 0.6 is 11.3 Å². The van der Waals surface area contributed by atoms with Crippen LogP contribution in [0.1, 0.15) is 27.7 Å². The first-order chi connectivity index (χ1) is 13.9. The average Bonchev–Trinajstić information content (AvgIpc) is 3.19. The van der Waals surface area contributed by atoms with Crippen LogP contribution in [0.25, 0.3) is 0 Å². The number of anilines is 1. The Kier molecular flexibility index (Phi) is 6.50. The van der Waals surface area contributed by atoms with Gasteiger partial charge in [-0.15, -0.1) is 11.3 Å². The van der Waals surface area contributed by atoms with E-state index in [0.29, 0.717) is 18.2 Å². The van der Waals surface area contributed by atoms with Gasteiger partial charge in [-0.1, -0.05) is 17.7 Å². The van der Waals surface area contributed by atoms with Gasteiger partial charge in [0.05, 0.1) is 6.61 Å². The third-order valence-corrected chi connectivity index (χ3v) is 6.44. The molecule has 1 amide bonds. The molecule has 0 aliphatic carbocycles. The summed E-state index contributed by atoms with van der Waals surface area (Å²) in [5.41, 5.74) is 2.26. The number of aromatic nitrogens is 1. The number of sulfonamides is 1. The zero-order valence-electron chi connectivity index (χ0n) is 16.0. The molecule has 0 fully saturated rings. The number of hydrogen-bond donors (Lipinski definition) is 2. The number of aryl methyl sites for hydroxylation is 1. The van der Waals surface area contributed by atoms with Crippen LogP contribution in [0.5, 0.6) is 5.88 Å².